The van der Waals surface area contributed by atoms with Crippen LogP contribution in [0.5, 0.6) is 5.75 Å². The smallest absolute Gasteiger partial charge is 0.332 e. The van der Waals surface area contributed by atoms with E-state index in [9.17, 15) is 18.4 Å². The quantitative estimate of drug-likeness (QED) is 0.637. The van der Waals surface area contributed by atoms with Crippen molar-refractivity contribution in [2.45, 2.75) is 38.5 Å². The Hall–Kier alpha value is -3.48. The first-order chi connectivity index (χ1) is 14.8. The number of carbonyl (C=O) groups is 2. The van der Waals surface area contributed by atoms with Crippen LogP contribution < -0.4 is 9.64 Å². The lowest BCUT2D eigenvalue weighted by atomic mass is 10.0. The lowest BCUT2D eigenvalue weighted by Crippen LogP contribution is -2.43. The molecule has 5 nitrogen and oxygen atoms in total. The third kappa shape index (κ3) is 3.83. The van der Waals surface area contributed by atoms with Gasteiger partial charge in [0, 0.05) is 18.1 Å². The van der Waals surface area contributed by atoms with Crippen LogP contribution in [0.2, 0.25) is 0 Å². The monoisotopic (exact) mass is 424 g/mol. The fourth-order valence-electron chi connectivity index (χ4n) is 3.68. The number of ether oxygens (including phenoxy) is 1. The fraction of sp³-hybridized carbons (Fsp3) is 0.250. The van der Waals surface area contributed by atoms with E-state index < -0.39 is 29.1 Å². The molecule has 4 rings (SSSR count). The lowest BCUT2D eigenvalue weighted by molar-refractivity contribution is -0.123. The highest BCUT2D eigenvalue weighted by molar-refractivity contribution is 6.22. The topological polar surface area (TPSA) is 49.9 Å². The Morgan fingerprint density at radius 1 is 1.06 bits per heavy atom. The largest absolute Gasteiger partial charge is 0.486 e. The summed E-state index contributed by atoms with van der Waals surface area (Å²) in [6.07, 6.45) is 8.46. The number of nitrogens with zero attached hydrogens (tertiary/aromatic N) is 2. The third-order valence-corrected chi connectivity index (χ3v) is 5.51. The molecule has 2 aliphatic rings. The number of rotatable bonds is 5. The Morgan fingerprint density at radius 2 is 1.84 bits per heavy atom. The van der Waals surface area contributed by atoms with E-state index in [2.05, 4.69) is 0 Å². The van der Waals surface area contributed by atoms with Gasteiger partial charge in [-0.1, -0.05) is 36.4 Å². The first-order valence-electron chi connectivity index (χ1n) is 9.98. The molecule has 0 spiro atoms. The molecule has 1 unspecified atom stereocenters. The summed E-state index contributed by atoms with van der Waals surface area (Å²) < 4.78 is 33.2. The average molecular weight is 424 g/mol. The Morgan fingerprint density at radius 3 is 2.55 bits per heavy atom. The van der Waals surface area contributed by atoms with Crippen LogP contribution in [0.3, 0.4) is 0 Å². The molecule has 160 valence electrons. The maximum absolute atomic E-state index is 13.7. The van der Waals surface area contributed by atoms with Gasteiger partial charge in [0.2, 0.25) is 0 Å². The molecule has 1 atom stereocenters. The molecule has 2 aromatic carbocycles. The van der Waals surface area contributed by atoms with Gasteiger partial charge in [-0.15, -0.1) is 0 Å². The first kappa shape index (κ1) is 20.8. The molecule has 0 N–H and O–H groups in total. The minimum absolute atomic E-state index is 0.00635. The van der Waals surface area contributed by atoms with Gasteiger partial charge in [0.05, 0.1) is 12.2 Å². The summed E-state index contributed by atoms with van der Waals surface area (Å²) in [7, 11) is 0. The minimum Gasteiger partial charge on any atom is -0.486 e. The Kier molecular flexibility index (Phi) is 5.35. The van der Waals surface area contributed by atoms with Crippen LogP contribution >= 0.6 is 0 Å². The summed E-state index contributed by atoms with van der Waals surface area (Å²) in [4.78, 5) is 28.5. The van der Waals surface area contributed by atoms with E-state index in [0.29, 0.717) is 5.75 Å². The van der Waals surface area contributed by atoms with Crippen LogP contribution in [-0.4, -0.2) is 28.5 Å². The summed E-state index contributed by atoms with van der Waals surface area (Å²) in [5.74, 6) is -2.06. The van der Waals surface area contributed by atoms with Crippen LogP contribution in [0.15, 0.2) is 66.8 Å². The zero-order valence-corrected chi connectivity index (χ0v) is 17.2. The number of amides is 3. The van der Waals surface area contributed by atoms with Gasteiger partial charge in [-0.3, -0.25) is 4.79 Å². The summed E-state index contributed by atoms with van der Waals surface area (Å²) in [6.45, 7) is 3.39. The van der Waals surface area contributed by atoms with Crippen molar-refractivity contribution >= 4 is 17.6 Å². The van der Waals surface area contributed by atoms with E-state index in [1.807, 2.05) is 48.6 Å². The molecule has 31 heavy (non-hydrogen) atoms. The number of halogens is 2. The van der Waals surface area contributed by atoms with E-state index in [4.69, 9.17) is 4.74 Å². The summed E-state index contributed by atoms with van der Waals surface area (Å²) in [6, 6.07) is 9.71. The Bertz CT molecular complexity index is 1090. The molecule has 1 aliphatic heterocycles. The van der Waals surface area contributed by atoms with Crippen molar-refractivity contribution in [3.05, 3.63) is 84.0 Å². The van der Waals surface area contributed by atoms with E-state index in [1.54, 1.807) is 13.8 Å². The lowest BCUT2D eigenvalue weighted by Gasteiger charge is -2.29. The Balaban J connectivity index is 1.62. The zero-order chi connectivity index (χ0) is 22.2. The molecular weight excluding hydrogens is 402 g/mol. The van der Waals surface area contributed by atoms with Crippen LogP contribution in [0.1, 0.15) is 25.8 Å². The number of carbonyl (C=O) groups excluding carboxylic acids is 2. The van der Waals surface area contributed by atoms with Crippen molar-refractivity contribution in [1.29, 1.82) is 0 Å². The van der Waals surface area contributed by atoms with Crippen LogP contribution in [0, 0.1) is 11.6 Å². The number of anilines is 1. The third-order valence-electron chi connectivity index (χ3n) is 5.51. The van der Waals surface area contributed by atoms with Gasteiger partial charge in [0.1, 0.15) is 17.4 Å². The van der Waals surface area contributed by atoms with Crippen molar-refractivity contribution in [3.63, 3.8) is 0 Å². The van der Waals surface area contributed by atoms with Gasteiger partial charge < -0.3 is 9.64 Å². The highest BCUT2D eigenvalue weighted by Gasteiger charge is 2.52. The molecular formula is C24H22F2N2O3. The average Bonchev–Trinajstić information content (AvgIpc) is 2.92. The van der Waals surface area contributed by atoms with Gasteiger partial charge in [0.25, 0.3) is 5.91 Å². The van der Waals surface area contributed by atoms with Gasteiger partial charge >= 0.3 is 6.03 Å². The van der Waals surface area contributed by atoms with E-state index in [-0.39, 0.29) is 18.3 Å². The summed E-state index contributed by atoms with van der Waals surface area (Å²) >= 11 is 0. The van der Waals surface area contributed by atoms with Crippen molar-refractivity contribution in [2.24, 2.45) is 0 Å². The molecule has 1 heterocycles. The SMILES string of the molecule is CC1(C)C(=O)N(c2ccc(F)c(F)c2)C(=O)N1Cc1ccccc1OC1C=CC=CC1. The van der Waals surface area contributed by atoms with Gasteiger partial charge in [-0.25, -0.2) is 18.5 Å². The molecule has 0 bridgehead atoms. The fourth-order valence-corrected chi connectivity index (χ4v) is 3.68. The number of urea groups is 1. The molecule has 0 aromatic heterocycles. The van der Waals surface area contributed by atoms with E-state index in [1.165, 1.54) is 11.0 Å². The number of imide groups is 1. The Labute approximate surface area is 179 Å². The van der Waals surface area contributed by atoms with Gasteiger partial charge in [-0.2, -0.15) is 0 Å². The predicted molar refractivity (Wildman–Crippen MR) is 113 cm³/mol. The van der Waals surface area contributed by atoms with Crippen molar-refractivity contribution in [3.8, 4) is 5.75 Å². The van der Waals surface area contributed by atoms with E-state index >= 15 is 0 Å². The minimum atomic E-state index is -1.18. The van der Waals surface area contributed by atoms with Crippen LogP contribution in [0.4, 0.5) is 19.3 Å². The molecule has 7 heteroatoms. The number of allylic oxidation sites excluding steroid dienone is 2. The first-order valence-corrected chi connectivity index (χ1v) is 9.98. The maximum Gasteiger partial charge on any atom is 0.332 e. The van der Waals surface area contributed by atoms with Crippen molar-refractivity contribution < 1.29 is 23.1 Å². The molecule has 1 saturated heterocycles. The van der Waals surface area contributed by atoms with Crippen LogP contribution in [0.25, 0.3) is 0 Å². The zero-order valence-electron chi connectivity index (χ0n) is 17.2. The molecule has 0 saturated carbocycles. The normalized spacial score (nSPS) is 19.9. The van der Waals surface area contributed by atoms with Crippen LogP contribution in [-0.2, 0) is 11.3 Å². The highest BCUT2D eigenvalue weighted by Crippen LogP contribution is 2.35. The molecule has 1 fully saturated rings. The second kappa shape index (κ2) is 7.98. The summed E-state index contributed by atoms with van der Waals surface area (Å²) in [5.41, 5.74) is -0.442. The number of hydrogen-bond acceptors (Lipinski definition) is 3. The number of para-hydroxylation sites is 1. The predicted octanol–water partition coefficient (Wildman–Crippen LogP) is 4.98. The number of hydrogen-bond donors (Lipinski definition) is 0. The second-order valence-electron chi connectivity index (χ2n) is 7.98. The highest BCUT2D eigenvalue weighted by atomic mass is 19.2. The summed E-state index contributed by atoms with van der Waals surface area (Å²) in [5, 5.41) is 0. The standard InChI is InChI=1S/C24H22F2N2O3/c1-24(2)22(29)28(17-12-13-19(25)20(26)14-17)23(30)27(24)15-16-8-6-7-11-21(16)31-18-9-4-3-5-10-18/h3-9,11-14,18H,10,15H2,1-2H3. The molecule has 0 radical (unpaired) electrons. The van der Waals surface area contributed by atoms with Gasteiger partial charge in [0.15, 0.2) is 11.6 Å². The second-order valence-corrected chi connectivity index (χ2v) is 7.98. The molecule has 3 amide bonds. The molecule has 1 aliphatic carbocycles. The maximum atomic E-state index is 13.7. The number of benzene rings is 2. The van der Waals surface area contributed by atoms with Crippen molar-refractivity contribution in [2.75, 3.05) is 4.90 Å². The van der Waals surface area contributed by atoms with E-state index in [0.717, 1.165) is 29.0 Å². The van der Waals surface area contributed by atoms with Crippen molar-refractivity contribution in [1.82, 2.24) is 4.90 Å². The van der Waals surface area contributed by atoms with Gasteiger partial charge in [-0.05, 0) is 38.1 Å². The molecule has 2 aromatic rings.